The van der Waals surface area contributed by atoms with Gasteiger partial charge in [0.15, 0.2) is 0 Å². The molecule has 1 aliphatic rings. The van der Waals surface area contributed by atoms with Gasteiger partial charge >= 0.3 is 0 Å². The number of rotatable bonds is 2. The van der Waals surface area contributed by atoms with E-state index in [1.54, 1.807) is 6.20 Å². The van der Waals surface area contributed by atoms with Gasteiger partial charge in [0.25, 0.3) is 0 Å². The van der Waals surface area contributed by atoms with Gasteiger partial charge in [0.05, 0.1) is 11.6 Å². The Morgan fingerprint density at radius 3 is 2.74 bits per heavy atom. The Morgan fingerprint density at radius 2 is 2.05 bits per heavy atom. The highest BCUT2D eigenvalue weighted by Crippen LogP contribution is 2.32. The van der Waals surface area contributed by atoms with Crippen molar-refractivity contribution in [3.05, 3.63) is 23.6 Å². The summed E-state index contributed by atoms with van der Waals surface area (Å²) in [5, 5.41) is 6.16. The second-order valence-electron chi connectivity index (χ2n) is 5.09. The summed E-state index contributed by atoms with van der Waals surface area (Å²) in [6, 6.07) is 2.32. The molecule has 0 aliphatic heterocycles. The summed E-state index contributed by atoms with van der Waals surface area (Å²) in [7, 11) is 0. The van der Waals surface area contributed by atoms with Crippen LogP contribution in [-0.4, -0.2) is 21.3 Å². The summed E-state index contributed by atoms with van der Waals surface area (Å²) < 4.78 is 2.08. The molecule has 6 heteroatoms. The van der Waals surface area contributed by atoms with Crippen LogP contribution in [0.5, 0.6) is 0 Å². The van der Waals surface area contributed by atoms with Crippen molar-refractivity contribution in [1.82, 2.24) is 14.8 Å². The fourth-order valence-electron chi connectivity index (χ4n) is 2.74. The molecule has 1 fully saturated rings. The van der Waals surface area contributed by atoms with Crippen LogP contribution >= 0.6 is 24.0 Å². The molecule has 0 spiro atoms. The molecule has 0 saturated heterocycles. The van der Waals surface area contributed by atoms with E-state index in [2.05, 4.69) is 21.0 Å². The molecule has 2 aromatic heterocycles. The van der Waals surface area contributed by atoms with Crippen LogP contribution in [0.2, 0.25) is 5.15 Å². The molecule has 19 heavy (non-hydrogen) atoms. The lowest BCUT2D eigenvalue weighted by atomic mass is 9.86. The van der Waals surface area contributed by atoms with Crippen molar-refractivity contribution in [2.45, 2.75) is 31.7 Å². The summed E-state index contributed by atoms with van der Waals surface area (Å²) in [6.07, 6.45) is 8.60. The molecule has 0 radical (unpaired) electrons. The van der Waals surface area contributed by atoms with Crippen LogP contribution in [0.25, 0.3) is 10.9 Å². The largest absolute Gasteiger partial charge is 0.330 e. The van der Waals surface area contributed by atoms with Gasteiger partial charge in [-0.15, -0.1) is 12.4 Å². The Morgan fingerprint density at radius 1 is 1.32 bits per heavy atom. The van der Waals surface area contributed by atoms with Crippen molar-refractivity contribution in [3.8, 4) is 0 Å². The minimum absolute atomic E-state index is 0. The first-order chi connectivity index (χ1) is 8.76. The Kier molecular flexibility index (Phi) is 4.66. The Labute approximate surface area is 123 Å². The van der Waals surface area contributed by atoms with Crippen LogP contribution in [0.1, 0.15) is 31.7 Å². The van der Waals surface area contributed by atoms with Gasteiger partial charge in [-0.25, -0.2) is 4.98 Å². The molecule has 2 heterocycles. The number of nitrogens with two attached hydrogens (primary N) is 1. The van der Waals surface area contributed by atoms with Gasteiger partial charge in [-0.1, -0.05) is 11.6 Å². The van der Waals surface area contributed by atoms with Crippen molar-refractivity contribution < 1.29 is 0 Å². The lowest BCUT2D eigenvalue weighted by Crippen LogP contribution is -2.23. The highest BCUT2D eigenvalue weighted by Gasteiger charge is 2.22. The second kappa shape index (κ2) is 6.07. The topological polar surface area (TPSA) is 56.7 Å². The highest BCUT2D eigenvalue weighted by atomic mass is 35.5. The molecule has 1 aliphatic carbocycles. The molecular weight excluding hydrogens is 283 g/mol. The zero-order valence-corrected chi connectivity index (χ0v) is 12.2. The molecule has 3 rings (SSSR count). The Bertz CT molecular complexity index is 547. The van der Waals surface area contributed by atoms with Crippen LogP contribution in [-0.2, 0) is 0 Å². The third kappa shape index (κ3) is 3.02. The van der Waals surface area contributed by atoms with E-state index in [9.17, 15) is 0 Å². The Hall–Kier alpha value is -0.840. The zero-order chi connectivity index (χ0) is 12.5. The van der Waals surface area contributed by atoms with Gasteiger partial charge in [-0.2, -0.15) is 5.10 Å². The van der Waals surface area contributed by atoms with Crippen LogP contribution < -0.4 is 5.73 Å². The van der Waals surface area contributed by atoms with E-state index in [4.69, 9.17) is 17.3 Å². The van der Waals surface area contributed by atoms with Crippen LogP contribution in [0.15, 0.2) is 18.5 Å². The van der Waals surface area contributed by atoms with Crippen molar-refractivity contribution in [2.75, 3.05) is 6.54 Å². The fourth-order valence-corrected chi connectivity index (χ4v) is 2.90. The number of hydrogen-bond donors (Lipinski definition) is 1. The number of fused-ring (bicyclic) bond motifs is 1. The maximum absolute atomic E-state index is 5.88. The number of halogens is 2. The number of aromatic nitrogens is 3. The second-order valence-corrected chi connectivity index (χ2v) is 5.47. The van der Waals surface area contributed by atoms with E-state index in [1.165, 1.54) is 12.8 Å². The van der Waals surface area contributed by atoms with Crippen LogP contribution in [0.3, 0.4) is 0 Å². The van der Waals surface area contributed by atoms with Gasteiger partial charge in [-0.05, 0) is 38.1 Å². The van der Waals surface area contributed by atoms with Crippen LogP contribution in [0, 0.1) is 5.92 Å². The number of hydrogen-bond acceptors (Lipinski definition) is 3. The maximum Gasteiger partial charge on any atom is 0.131 e. The summed E-state index contributed by atoms with van der Waals surface area (Å²) in [5.41, 5.74) is 6.65. The van der Waals surface area contributed by atoms with Crippen LogP contribution in [0.4, 0.5) is 0 Å². The number of pyridine rings is 1. The molecule has 0 atom stereocenters. The highest BCUT2D eigenvalue weighted by molar-refractivity contribution is 6.29. The number of nitrogens with zero attached hydrogens (tertiary/aromatic N) is 3. The average molecular weight is 301 g/mol. The monoisotopic (exact) mass is 300 g/mol. The molecular formula is C13H18Cl2N4. The lowest BCUT2D eigenvalue weighted by molar-refractivity contribution is 0.266. The van der Waals surface area contributed by atoms with Gasteiger partial charge < -0.3 is 5.73 Å². The predicted molar refractivity (Wildman–Crippen MR) is 79.8 cm³/mol. The summed E-state index contributed by atoms with van der Waals surface area (Å²) in [4.78, 5) is 4.09. The first-order valence-electron chi connectivity index (χ1n) is 6.46. The van der Waals surface area contributed by atoms with Gasteiger partial charge in [0.2, 0.25) is 0 Å². The van der Waals surface area contributed by atoms with Crippen molar-refractivity contribution in [3.63, 3.8) is 0 Å². The maximum atomic E-state index is 5.88. The molecule has 2 N–H and O–H groups in total. The average Bonchev–Trinajstić information content (AvgIpc) is 2.81. The Balaban J connectivity index is 0.00000133. The molecule has 0 aromatic carbocycles. The molecule has 0 amide bonds. The van der Waals surface area contributed by atoms with E-state index in [0.717, 1.165) is 30.3 Å². The van der Waals surface area contributed by atoms with E-state index in [0.29, 0.717) is 17.1 Å². The van der Waals surface area contributed by atoms with Gasteiger partial charge in [0, 0.05) is 23.8 Å². The third-order valence-corrected chi connectivity index (χ3v) is 4.10. The molecule has 2 aromatic rings. The molecule has 4 nitrogen and oxygen atoms in total. The quantitative estimate of drug-likeness (QED) is 0.867. The van der Waals surface area contributed by atoms with E-state index < -0.39 is 0 Å². The first kappa shape index (κ1) is 14.6. The SMILES string of the molecule is Cl.NCC1CCC(n2cc3cnc(Cl)cc3n2)CC1. The van der Waals surface area contributed by atoms with E-state index >= 15 is 0 Å². The summed E-state index contributed by atoms with van der Waals surface area (Å²) in [6.45, 7) is 0.813. The molecule has 104 valence electrons. The van der Waals surface area contributed by atoms with Gasteiger partial charge in [0.1, 0.15) is 5.15 Å². The predicted octanol–water partition coefficient (Wildman–Crippen LogP) is 3.20. The summed E-state index contributed by atoms with van der Waals surface area (Å²) in [5.74, 6) is 0.697. The zero-order valence-electron chi connectivity index (χ0n) is 10.6. The molecule has 1 saturated carbocycles. The standard InChI is InChI=1S/C13H17ClN4.ClH/c14-13-5-12-10(7-16-13)8-18(17-12)11-3-1-9(6-15)2-4-11;/h5,7-9,11H,1-4,6,15H2;1H. The minimum Gasteiger partial charge on any atom is -0.330 e. The molecule has 0 bridgehead atoms. The smallest absolute Gasteiger partial charge is 0.131 e. The van der Waals surface area contributed by atoms with E-state index in [1.807, 2.05) is 6.07 Å². The van der Waals surface area contributed by atoms with Crippen molar-refractivity contribution in [2.24, 2.45) is 11.7 Å². The first-order valence-corrected chi connectivity index (χ1v) is 6.84. The summed E-state index contributed by atoms with van der Waals surface area (Å²) >= 11 is 5.88. The molecule has 0 unspecified atom stereocenters. The van der Waals surface area contributed by atoms with Crippen molar-refractivity contribution in [1.29, 1.82) is 0 Å². The normalized spacial score (nSPS) is 23.3. The van der Waals surface area contributed by atoms with Gasteiger partial charge in [-0.3, -0.25) is 4.68 Å². The fraction of sp³-hybridized carbons (Fsp3) is 0.538. The lowest BCUT2D eigenvalue weighted by Gasteiger charge is -2.27. The van der Waals surface area contributed by atoms with Crippen molar-refractivity contribution >= 4 is 34.9 Å². The minimum atomic E-state index is 0. The third-order valence-electron chi connectivity index (χ3n) is 3.90. The van der Waals surface area contributed by atoms with E-state index in [-0.39, 0.29) is 12.4 Å².